The highest BCUT2D eigenvalue weighted by atomic mass is 79.9. The van der Waals surface area contributed by atoms with Gasteiger partial charge in [-0.3, -0.25) is 4.90 Å². The smallest absolute Gasteiger partial charge is 0.0730 e. The third-order valence-corrected chi connectivity index (χ3v) is 5.10. The van der Waals surface area contributed by atoms with Gasteiger partial charge in [0.15, 0.2) is 0 Å². The van der Waals surface area contributed by atoms with Crippen LogP contribution in [0.1, 0.15) is 23.3 Å². The normalized spacial score (nSPS) is 22.5. The van der Waals surface area contributed by atoms with Gasteiger partial charge in [0.25, 0.3) is 0 Å². The number of likely N-dealkylation sites (tertiary alicyclic amines) is 1. The van der Waals surface area contributed by atoms with Crippen LogP contribution in [-0.4, -0.2) is 29.2 Å². The van der Waals surface area contributed by atoms with Gasteiger partial charge >= 0.3 is 0 Å². The molecule has 1 aliphatic heterocycles. The maximum atomic E-state index is 9.23. The molecule has 1 N–H and O–H groups in total. The molecule has 2 nitrogen and oxygen atoms in total. The van der Waals surface area contributed by atoms with Crippen LogP contribution in [0, 0.1) is 6.92 Å². The highest BCUT2D eigenvalue weighted by molar-refractivity contribution is 9.11. The van der Waals surface area contributed by atoms with E-state index in [1.54, 1.807) is 0 Å². The summed E-state index contributed by atoms with van der Waals surface area (Å²) in [5, 5.41) is 9.23. The Morgan fingerprint density at radius 2 is 2.47 bits per heavy atom. The van der Waals surface area contributed by atoms with Gasteiger partial charge < -0.3 is 5.11 Å². The van der Waals surface area contributed by atoms with Crippen molar-refractivity contribution in [1.82, 2.24) is 4.90 Å². The number of aliphatic hydroxyl groups excluding tert-OH is 1. The quantitative estimate of drug-likeness (QED) is 0.925. The summed E-state index contributed by atoms with van der Waals surface area (Å²) in [6.07, 6.45) is 2.36. The van der Waals surface area contributed by atoms with Crippen molar-refractivity contribution in [2.75, 3.05) is 13.2 Å². The Hall–Kier alpha value is 0.100. The van der Waals surface area contributed by atoms with E-state index in [1.807, 2.05) is 11.3 Å². The van der Waals surface area contributed by atoms with Gasteiger partial charge in [-0.2, -0.15) is 0 Å². The van der Waals surface area contributed by atoms with Crippen LogP contribution in [0.2, 0.25) is 0 Å². The number of hydrogen-bond acceptors (Lipinski definition) is 3. The summed E-state index contributed by atoms with van der Waals surface area (Å²) < 4.78 is 1.23. The molecule has 0 bridgehead atoms. The van der Waals surface area contributed by atoms with E-state index in [1.165, 1.54) is 20.6 Å². The van der Waals surface area contributed by atoms with Crippen molar-refractivity contribution >= 4 is 27.3 Å². The Morgan fingerprint density at radius 3 is 3.07 bits per heavy atom. The number of thiophene rings is 1. The third kappa shape index (κ3) is 2.61. The van der Waals surface area contributed by atoms with Crippen molar-refractivity contribution < 1.29 is 5.11 Å². The lowest BCUT2D eigenvalue weighted by atomic mass is 10.2. The van der Waals surface area contributed by atoms with E-state index in [2.05, 4.69) is 33.8 Å². The number of aliphatic hydroxyl groups is 1. The molecule has 0 radical (unpaired) electrons. The fourth-order valence-corrected chi connectivity index (χ4v) is 3.77. The molecule has 4 heteroatoms. The van der Waals surface area contributed by atoms with Gasteiger partial charge in [-0.1, -0.05) is 0 Å². The fourth-order valence-electron chi connectivity index (χ4n) is 2.11. The second-order valence-electron chi connectivity index (χ2n) is 4.12. The van der Waals surface area contributed by atoms with E-state index in [0.29, 0.717) is 12.6 Å². The summed E-state index contributed by atoms with van der Waals surface area (Å²) >= 11 is 5.36. The van der Waals surface area contributed by atoms with E-state index in [4.69, 9.17) is 0 Å². The zero-order chi connectivity index (χ0) is 10.8. The second kappa shape index (κ2) is 4.95. The molecule has 0 spiro atoms. The molecule has 0 aliphatic carbocycles. The van der Waals surface area contributed by atoms with Crippen LogP contribution < -0.4 is 0 Å². The zero-order valence-electron chi connectivity index (χ0n) is 8.87. The van der Waals surface area contributed by atoms with E-state index in [-0.39, 0.29) is 0 Å². The SMILES string of the molecule is Cc1cc(CN2CCC[C@H]2CO)sc1Br. The molecular formula is C11H16BrNOS. The topological polar surface area (TPSA) is 23.5 Å². The molecular weight excluding hydrogens is 274 g/mol. The lowest BCUT2D eigenvalue weighted by Gasteiger charge is -2.21. The summed E-state index contributed by atoms with van der Waals surface area (Å²) in [6, 6.07) is 2.62. The van der Waals surface area contributed by atoms with Gasteiger partial charge in [-0.25, -0.2) is 0 Å². The number of hydrogen-bond donors (Lipinski definition) is 1. The average molecular weight is 290 g/mol. The Morgan fingerprint density at radius 1 is 1.67 bits per heavy atom. The van der Waals surface area contributed by atoms with Crippen LogP contribution in [0.15, 0.2) is 9.85 Å². The fraction of sp³-hybridized carbons (Fsp3) is 0.636. The molecule has 1 fully saturated rings. The number of halogens is 1. The minimum absolute atomic E-state index is 0.297. The van der Waals surface area contributed by atoms with Gasteiger partial charge in [0.1, 0.15) is 0 Å². The Labute approximate surface area is 103 Å². The molecule has 1 aromatic heterocycles. The molecule has 15 heavy (non-hydrogen) atoms. The monoisotopic (exact) mass is 289 g/mol. The number of aryl methyl sites for hydroxylation is 1. The lowest BCUT2D eigenvalue weighted by Crippen LogP contribution is -2.31. The molecule has 1 atom stereocenters. The van der Waals surface area contributed by atoms with Gasteiger partial charge in [-0.05, 0) is 53.9 Å². The maximum absolute atomic E-state index is 9.23. The largest absolute Gasteiger partial charge is 0.395 e. The van der Waals surface area contributed by atoms with Crippen LogP contribution in [0.5, 0.6) is 0 Å². The molecule has 0 unspecified atom stereocenters. The molecule has 0 aromatic carbocycles. The summed E-state index contributed by atoms with van der Waals surface area (Å²) in [6.45, 7) is 4.53. The van der Waals surface area contributed by atoms with Crippen molar-refractivity contribution in [3.05, 3.63) is 20.3 Å². The summed E-state index contributed by atoms with van der Waals surface area (Å²) in [4.78, 5) is 3.78. The lowest BCUT2D eigenvalue weighted by molar-refractivity contribution is 0.154. The predicted molar refractivity (Wildman–Crippen MR) is 67.3 cm³/mol. The van der Waals surface area contributed by atoms with Gasteiger partial charge in [0.2, 0.25) is 0 Å². The average Bonchev–Trinajstić information content (AvgIpc) is 2.75. The van der Waals surface area contributed by atoms with Gasteiger partial charge in [-0.15, -0.1) is 11.3 Å². The highest BCUT2D eigenvalue weighted by Crippen LogP contribution is 2.30. The number of nitrogens with zero attached hydrogens (tertiary/aromatic N) is 1. The Kier molecular flexibility index (Phi) is 3.83. The molecule has 84 valence electrons. The minimum atomic E-state index is 0.297. The van der Waals surface area contributed by atoms with E-state index in [0.717, 1.165) is 19.5 Å². The van der Waals surface area contributed by atoms with Gasteiger partial charge in [0, 0.05) is 17.5 Å². The highest BCUT2D eigenvalue weighted by Gasteiger charge is 2.24. The number of rotatable bonds is 3. The van der Waals surface area contributed by atoms with Crippen LogP contribution in [0.4, 0.5) is 0 Å². The summed E-state index contributed by atoms with van der Waals surface area (Å²) in [7, 11) is 0. The van der Waals surface area contributed by atoms with Crippen molar-refractivity contribution in [2.45, 2.75) is 32.4 Å². The van der Waals surface area contributed by atoms with Crippen molar-refractivity contribution in [1.29, 1.82) is 0 Å². The molecule has 2 rings (SSSR count). The van der Waals surface area contributed by atoms with E-state index < -0.39 is 0 Å². The van der Waals surface area contributed by atoms with Crippen LogP contribution in [0.3, 0.4) is 0 Å². The predicted octanol–water partition coefficient (Wildman–Crippen LogP) is 2.78. The zero-order valence-corrected chi connectivity index (χ0v) is 11.3. The first-order valence-electron chi connectivity index (χ1n) is 5.30. The van der Waals surface area contributed by atoms with Gasteiger partial charge in [0.05, 0.1) is 10.4 Å². The van der Waals surface area contributed by atoms with Crippen LogP contribution in [-0.2, 0) is 6.54 Å². The standard InChI is InChI=1S/C11H16BrNOS/c1-8-5-10(15-11(8)12)6-13-4-2-3-9(13)7-14/h5,9,14H,2-4,6-7H2,1H3/t9-/m0/s1. The Bertz CT molecular complexity index is 320. The van der Waals surface area contributed by atoms with Crippen molar-refractivity contribution in [3.63, 3.8) is 0 Å². The maximum Gasteiger partial charge on any atom is 0.0730 e. The second-order valence-corrected chi connectivity index (χ2v) is 6.57. The van der Waals surface area contributed by atoms with E-state index in [9.17, 15) is 5.11 Å². The third-order valence-electron chi connectivity index (χ3n) is 2.98. The molecule has 0 saturated carbocycles. The van der Waals surface area contributed by atoms with E-state index >= 15 is 0 Å². The first kappa shape index (κ1) is 11.6. The molecule has 1 aromatic rings. The van der Waals surface area contributed by atoms with Crippen LogP contribution >= 0.6 is 27.3 Å². The minimum Gasteiger partial charge on any atom is -0.395 e. The van der Waals surface area contributed by atoms with Crippen LogP contribution in [0.25, 0.3) is 0 Å². The van der Waals surface area contributed by atoms with Crippen molar-refractivity contribution in [2.24, 2.45) is 0 Å². The Balaban J connectivity index is 2.02. The molecule has 0 amide bonds. The van der Waals surface area contributed by atoms with Crippen molar-refractivity contribution in [3.8, 4) is 0 Å². The first-order chi connectivity index (χ1) is 7.20. The molecule has 1 saturated heterocycles. The molecule has 2 heterocycles. The first-order valence-corrected chi connectivity index (χ1v) is 6.91. The summed E-state index contributed by atoms with van der Waals surface area (Å²) in [5.41, 5.74) is 1.31. The summed E-state index contributed by atoms with van der Waals surface area (Å²) in [5.74, 6) is 0. The molecule has 1 aliphatic rings.